The second-order valence-electron chi connectivity index (χ2n) is 8.97. The third kappa shape index (κ3) is 3.76. The molecule has 1 aromatic carbocycles. The number of carbonyl (C=O) groups excluding carboxylic acids is 3. The van der Waals surface area contributed by atoms with Gasteiger partial charge in [0.25, 0.3) is 5.91 Å². The third-order valence-electron chi connectivity index (χ3n) is 6.08. The normalized spacial score (nSPS) is 18.8. The first-order chi connectivity index (χ1) is 14.3. The molecule has 1 aliphatic carbocycles. The lowest BCUT2D eigenvalue weighted by Crippen LogP contribution is -2.35. The van der Waals surface area contributed by atoms with E-state index in [0.717, 1.165) is 46.3 Å². The number of cyclic esters (lactones) is 1. The van der Waals surface area contributed by atoms with Gasteiger partial charge in [0, 0.05) is 11.1 Å². The molecule has 2 amide bonds. The SMILES string of the molecule is CC(C)(C)[C@H]1CCc2nc3ccccc3c(C(=O)OCC(=O)N3CCOC3=O)c2C1. The fourth-order valence-electron chi connectivity index (χ4n) is 4.26. The predicted molar refractivity (Wildman–Crippen MR) is 110 cm³/mol. The molecule has 0 spiro atoms. The largest absolute Gasteiger partial charge is 0.452 e. The Morgan fingerprint density at radius 1 is 1.27 bits per heavy atom. The second-order valence-corrected chi connectivity index (χ2v) is 8.97. The molecule has 1 fully saturated rings. The van der Waals surface area contributed by atoms with Crippen molar-refractivity contribution in [2.75, 3.05) is 19.8 Å². The highest BCUT2D eigenvalue weighted by molar-refractivity contribution is 6.06. The minimum absolute atomic E-state index is 0.108. The van der Waals surface area contributed by atoms with Crippen LogP contribution in [0, 0.1) is 11.3 Å². The Morgan fingerprint density at radius 2 is 2.03 bits per heavy atom. The van der Waals surface area contributed by atoms with Crippen molar-refractivity contribution < 1.29 is 23.9 Å². The molecule has 0 N–H and O–H groups in total. The van der Waals surface area contributed by atoms with Gasteiger partial charge in [-0.05, 0) is 42.2 Å². The van der Waals surface area contributed by atoms with Crippen molar-refractivity contribution >= 4 is 28.9 Å². The Morgan fingerprint density at radius 3 is 2.73 bits per heavy atom. The van der Waals surface area contributed by atoms with Crippen LogP contribution in [0.4, 0.5) is 4.79 Å². The molecule has 0 unspecified atom stereocenters. The summed E-state index contributed by atoms with van der Waals surface area (Å²) in [6, 6.07) is 7.50. The van der Waals surface area contributed by atoms with Crippen molar-refractivity contribution in [3.63, 3.8) is 0 Å². The molecule has 0 saturated carbocycles. The van der Waals surface area contributed by atoms with Crippen LogP contribution in [0.3, 0.4) is 0 Å². The Labute approximate surface area is 175 Å². The molecule has 0 radical (unpaired) electrons. The van der Waals surface area contributed by atoms with Crippen molar-refractivity contribution in [3.05, 3.63) is 41.1 Å². The molecule has 1 saturated heterocycles. The molecule has 7 nitrogen and oxygen atoms in total. The van der Waals surface area contributed by atoms with E-state index in [2.05, 4.69) is 20.8 Å². The van der Waals surface area contributed by atoms with E-state index >= 15 is 0 Å². The van der Waals surface area contributed by atoms with Crippen LogP contribution in [0.2, 0.25) is 0 Å². The van der Waals surface area contributed by atoms with Gasteiger partial charge in [-0.25, -0.2) is 14.5 Å². The maximum Gasteiger partial charge on any atom is 0.416 e. The zero-order valence-corrected chi connectivity index (χ0v) is 17.6. The van der Waals surface area contributed by atoms with E-state index in [-0.39, 0.29) is 18.6 Å². The fraction of sp³-hybridized carbons (Fsp3) is 0.478. The molecule has 1 atom stereocenters. The molecule has 0 bridgehead atoms. The van der Waals surface area contributed by atoms with Crippen LogP contribution < -0.4 is 0 Å². The second kappa shape index (κ2) is 7.70. The van der Waals surface area contributed by atoms with Crippen molar-refractivity contribution in [1.82, 2.24) is 9.88 Å². The number of aromatic nitrogens is 1. The highest BCUT2D eigenvalue weighted by Gasteiger charge is 2.34. The average molecular weight is 410 g/mol. The monoisotopic (exact) mass is 410 g/mol. The van der Waals surface area contributed by atoms with Crippen LogP contribution in [0.25, 0.3) is 10.9 Å². The van der Waals surface area contributed by atoms with Crippen LogP contribution in [0.15, 0.2) is 24.3 Å². The number of imide groups is 1. The number of nitrogens with zero attached hydrogens (tertiary/aromatic N) is 2. The summed E-state index contributed by atoms with van der Waals surface area (Å²) < 4.78 is 10.2. The van der Waals surface area contributed by atoms with Crippen LogP contribution in [-0.2, 0) is 27.1 Å². The molecule has 2 aliphatic rings. The van der Waals surface area contributed by atoms with Crippen molar-refractivity contribution in [2.45, 2.75) is 40.0 Å². The highest BCUT2D eigenvalue weighted by atomic mass is 16.6. The topological polar surface area (TPSA) is 85.8 Å². The summed E-state index contributed by atoms with van der Waals surface area (Å²) in [5.41, 5.74) is 3.18. The van der Waals surface area contributed by atoms with Crippen molar-refractivity contribution in [3.8, 4) is 0 Å². The van der Waals surface area contributed by atoms with E-state index in [4.69, 9.17) is 14.5 Å². The van der Waals surface area contributed by atoms with Gasteiger partial charge in [0.2, 0.25) is 0 Å². The lowest BCUT2D eigenvalue weighted by Gasteiger charge is -2.35. The van der Waals surface area contributed by atoms with Gasteiger partial charge >= 0.3 is 12.1 Å². The lowest BCUT2D eigenvalue weighted by molar-refractivity contribution is -0.131. The Bertz CT molecular complexity index is 1020. The standard InChI is InChI=1S/C23H26N2O5/c1-23(2,3)14-8-9-18-16(12-14)20(15-6-4-5-7-17(15)24-18)21(27)30-13-19(26)25-10-11-29-22(25)28/h4-7,14H,8-13H2,1-3H3/t14-/m0/s1. The summed E-state index contributed by atoms with van der Waals surface area (Å²) in [6.45, 7) is 6.47. The van der Waals surface area contributed by atoms with Crippen molar-refractivity contribution in [2.24, 2.45) is 11.3 Å². The number of pyridine rings is 1. The maximum absolute atomic E-state index is 13.2. The minimum atomic E-state index is -0.698. The maximum atomic E-state index is 13.2. The van der Waals surface area contributed by atoms with Gasteiger partial charge in [-0.2, -0.15) is 0 Å². The molecule has 2 heterocycles. The van der Waals surface area contributed by atoms with Gasteiger partial charge in [0.15, 0.2) is 6.61 Å². The third-order valence-corrected chi connectivity index (χ3v) is 6.08. The number of carbonyl (C=O) groups is 3. The summed E-state index contributed by atoms with van der Waals surface area (Å²) in [4.78, 5) is 42.7. The highest BCUT2D eigenvalue weighted by Crippen LogP contribution is 2.39. The molecule has 4 rings (SSSR count). The van der Waals surface area contributed by atoms with E-state index < -0.39 is 24.6 Å². The van der Waals surface area contributed by atoms with E-state index in [9.17, 15) is 14.4 Å². The number of rotatable bonds is 3. The average Bonchev–Trinajstić information content (AvgIpc) is 3.14. The minimum Gasteiger partial charge on any atom is -0.452 e. The van der Waals surface area contributed by atoms with Gasteiger partial charge in [-0.15, -0.1) is 0 Å². The molecule has 1 aromatic heterocycles. The van der Waals surface area contributed by atoms with E-state index in [1.54, 1.807) is 0 Å². The van der Waals surface area contributed by atoms with E-state index in [1.807, 2.05) is 24.3 Å². The van der Waals surface area contributed by atoms with Crippen molar-refractivity contribution in [1.29, 1.82) is 0 Å². The molecule has 30 heavy (non-hydrogen) atoms. The number of fused-ring (bicyclic) bond motifs is 2. The van der Waals surface area contributed by atoms with Crippen LogP contribution in [0.5, 0.6) is 0 Å². The predicted octanol–water partition coefficient (Wildman–Crippen LogP) is 3.52. The van der Waals surface area contributed by atoms with Gasteiger partial charge in [0.05, 0.1) is 17.6 Å². The molecule has 1 aliphatic heterocycles. The first-order valence-corrected chi connectivity index (χ1v) is 10.3. The first kappa shape index (κ1) is 20.3. The van der Waals surface area contributed by atoms with E-state index in [1.165, 1.54) is 0 Å². The number of para-hydroxylation sites is 1. The number of amides is 2. The molecular weight excluding hydrogens is 384 g/mol. The number of aryl methyl sites for hydroxylation is 1. The summed E-state index contributed by atoms with van der Waals surface area (Å²) >= 11 is 0. The van der Waals surface area contributed by atoms with E-state index in [0.29, 0.717) is 11.5 Å². The molecular formula is C23H26N2O5. The first-order valence-electron chi connectivity index (χ1n) is 10.3. The summed E-state index contributed by atoms with van der Waals surface area (Å²) in [5.74, 6) is -0.716. The molecule has 158 valence electrons. The summed E-state index contributed by atoms with van der Waals surface area (Å²) in [7, 11) is 0. The number of ether oxygens (including phenoxy) is 2. The van der Waals surface area contributed by atoms with Crippen LogP contribution in [0.1, 0.15) is 48.8 Å². The lowest BCUT2D eigenvalue weighted by atomic mass is 9.70. The van der Waals surface area contributed by atoms with Gasteiger partial charge < -0.3 is 9.47 Å². The Balaban J connectivity index is 1.66. The quantitative estimate of drug-likeness (QED) is 0.720. The number of esters is 1. The molecule has 7 heteroatoms. The van der Waals surface area contributed by atoms with Gasteiger partial charge in [-0.3, -0.25) is 9.78 Å². The smallest absolute Gasteiger partial charge is 0.416 e. The Hall–Kier alpha value is -2.96. The van der Waals surface area contributed by atoms with Crippen LogP contribution in [-0.4, -0.2) is 47.6 Å². The number of hydrogen-bond acceptors (Lipinski definition) is 6. The van der Waals surface area contributed by atoms with Gasteiger partial charge in [0.1, 0.15) is 6.61 Å². The summed E-state index contributed by atoms with van der Waals surface area (Å²) in [6.07, 6.45) is 1.87. The fourth-order valence-corrected chi connectivity index (χ4v) is 4.26. The number of hydrogen-bond donors (Lipinski definition) is 0. The zero-order valence-electron chi connectivity index (χ0n) is 17.6. The Kier molecular flexibility index (Phi) is 5.22. The number of benzene rings is 1. The zero-order chi connectivity index (χ0) is 21.5. The van der Waals surface area contributed by atoms with Gasteiger partial charge in [-0.1, -0.05) is 39.0 Å². The summed E-state index contributed by atoms with van der Waals surface area (Å²) in [5, 5.41) is 0.726. The van der Waals surface area contributed by atoms with Crippen LogP contribution >= 0.6 is 0 Å². The molecule has 2 aromatic rings.